The molecule has 0 radical (unpaired) electrons. The third-order valence-corrected chi connectivity index (χ3v) is 4.32. The Kier molecular flexibility index (Phi) is 2.78. The molecule has 0 unspecified atom stereocenters. The fourth-order valence-electron chi connectivity index (χ4n) is 3.30. The van der Waals surface area contributed by atoms with Crippen molar-refractivity contribution in [3.05, 3.63) is 24.2 Å². The van der Waals surface area contributed by atoms with Crippen LogP contribution in [0.1, 0.15) is 42.6 Å². The van der Waals surface area contributed by atoms with Crippen LogP contribution in [0.25, 0.3) is 0 Å². The summed E-state index contributed by atoms with van der Waals surface area (Å²) in [5, 5.41) is 10.7. The van der Waals surface area contributed by atoms with Crippen LogP contribution in [0.15, 0.2) is 18.5 Å². The summed E-state index contributed by atoms with van der Waals surface area (Å²) in [4.78, 5) is 20.2. The van der Waals surface area contributed by atoms with Gasteiger partial charge in [-0.05, 0) is 25.7 Å². The van der Waals surface area contributed by atoms with Crippen LogP contribution in [0.2, 0.25) is 0 Å². The molecule has 1 amide bonds. The number of amides is 1. The summed E-state index contributed by atoms with van der Waals surface area (Å²) >= 11 is 0. The number of hydrogen-bond acceptors (Lipinski definition) is 6. The summed E-state index contributed by atoms with van der Waals surface area (Å²) in [5.74, 6) is 1.46. The minimum Gasteiger partial charge on any atom is -0.384 e. The van der Waals surface area contributed by atoms with Crippen molar-refractivity contribution in [3.8, 4) is 0 Å². The maximum Gasteiger partial charge on any atom is 0.271 e. The van der Waals surface area contributed by atoms with Gasteiger partial charge in [0, 0.05) is 12.1 Å². The van der Waals surface area contributed by atoms with Crippen LogP contribution in [0, 0.1) is 0 Å². The van der Waals surface area contributed by atoms with E-state index < -0.39 is 0 Å². The molecule has 8 heteroatoms. The third kappa shape index (κ3) is 1.99. The molecule has 1 saturated carbocycles. The van der Waals surface area contributed by atoms with Crippen molar-refractivity contribution >= 4 is 23.4 Å². The van der Waals surface area contributed by atoms with E-state index >= 15 is 0 Å². The van der Waals surface area contributed by atoms with Crippen LogP contribution in [-0.2, 0) is 5.66 Å². The van der Waals surface area contributed by atoms with E-state index in [2.05, 4.69) is 25.7 Å². The Hall–Kier alpha value is -2.64. The van der Waals surface area contributed by atoms with Crippen molar-refractivity contribution in [1.82, 2.24) is 25.1 Å². The molecule has 1 fully saturated rings. The number of aromatic nitrogens is 4. The first-order chi connectivity index (χ1) is 10.7. The van der Waals surface area contributed by atoms with Crippen molar-refractivity contribution in [1.29, 1.82) is 0 Å². The van der Waals surface area contributed by atoms with Crippen molar-refractivity contribution in [2.45, 2.75) is 37.8 Å². The van der Waals surface area contributed by atoms with Gasteiger partial charge in [-0.2, -0.15) is 5.10 Å². The SMILES string of the molecule is Nc1cc(Nc2cc3n(n2)C2(CCCCC2)NC3=O)ncn1. The van der Waals surface area contributed by atoms with Crippen LogP contribution < -0.4 is 16.4 Å². The molecule has 2 aromatic rings. The van der Waals surface area contributed by atoms with Crippen molar-refractivity contribution in [2.75, 3.05) is 11.1 Å². The Morgan fingerprint density at radius 1 is 1.18 bits per heavy atom. The number of hydrogen-bond donors (Lipinski definition) is 3. The molecule has 22 heavy (non-hydrogen) atoms. The lowest BCUT2D eigenvalue weighted by atomic mass is 9.90. The second kappa shape index (κ2) is 4.69. The van der Waals surface area contributed by atoms with Gasteiger partial charge < -0.3 is 16.4 Å². The zero-order chi connectivity index (χ0) is 15.2. The van der Waals surface area contributed by atoms with Gasteiger partial charge in [0.15, 0.2) is 5.82 Å². The van der Waals surface area contributed by atoms with Gasteiger partial charge in [-0.3, -0.25) is 4.79 Å². The average Bonchev–Trinajstić information content (AvgIpc) is 3.01. The monoisotopic (exact) mass is 299 g/mol. The molecule has 0 atom stereocenters. The number of anilines is 3. The fraction of sp³-hybridized carbons (Fsp3) is 0.429. The number of carbonyl (C=O) groups excluding carboxylic acids is 1. The molecule has 1 spiro atoms. The number of fused-ring (bicyclic) bond motifs is 2. The Labute approximate surface area is 127 Å². The van der Waals surface area contributed by atoms with Gasteiger partial charge in [-0.25, -0.2) is 14.6 Å². The van der Waals surface area contributed by atoms with Crippen LogP contribution in [0.5, 0.6) is 0 Å². The molecule has 4 rings (SSSR count). The average molecular weight is 299 g/mol. The van der Waals surface area contributed by atoms with Gasteiger partial charge in [0.25, 0.3) is 5.91 Å². The van der Waals surface area contributed by atoms with Gasteiger partial charge in [0.2, 0.25) is 0 Å². The van der Waals surface area contributed by atoms with E-state index in [0.29, 0.717) is 23.1 Å². The highest BCUT2D eigenvalue weighted by Crippen LogP contribution is 2.37. The summed E-state index contributed by atoms with van der Waals surface area (Å²) in [7, 11) is 0. The highest BCUT2D eigenvalue weighted by Gasteiger charge is 2.44. The maximum atomic E-state index is 12.2. The maximum absolute atomic E-state index is 12.2. The van der Waals surface area contributed by atoms with Crippen LogP contribution in [-0.4, -0.2) is 25.7 Å². The van der Waals surface area contributed by atoms with E-state index in [1.165, 1.54) is 12.7 Å². The Bertz CT molecular complexity index is 733. The van der Waals surface area contributed by atoms with E-state index in [0.717, 1.165) is 25.7 Å². The molecule has 114 valence electrons. The second-order valence-electron chi connectivity index (χ2n) is 5.83. The zero-order valence-electron chi connectivity index (χ0n) is 12.0. The van der Waals surface area contributed by atoms with Crippen molar-refractivity contribution < 1.29 is 4.79 Å². The first kappa shape index (κ1) is 13.1. The standard InChI is InChI=1S/C14H17N7O/c15-10-7-11(17-8-16-10)18-12-6-9-13(22)19-14(21(9)20-12)4-2-1-3-5-14/h6-8H,1-5H2,(H,19,22)(H3,15,16,17,18,20). The van der Waals surface area contributed by atoms with E-state index in [1.54, 1.807) is 12.1 Å². The molecule has 1 aliphatic heterocycles. The summed E-state index contributed by atoms with van der Waals surface area (Å²) in [5.41, 5.74) is 5.88. The molecule has 1 aliphatic carbocycles. The summed E-state index contributed by atoms with van der Waals surface area (Å²) in [6.45, 7) is 0. The molecule has 2 aliphatic rings. The van der Waals surface area contributed by atoms with Crippen molar-refractivity contribution in [2.24, 2.45) is 0 Å². The Morgan fingerprint density at radius 3 is 2.77 bits per heavy atom. The van der Waals surface area contributed by atoms with E-state index in [9.17, 15) is 4.79 Å². The largest absolute Gasteiger partial charge is 0.384 e. The number of nitrogen functional groups attached to an aromatic ring is 1. The molecular formula is C14H17N7O. The van der Waals surface area contributed by atoms with Gasteiger partial charge in [0.05, 0.1) is 0 Å². The Balaban J connectivity index is 1.66. The van der Waals surface area contributed by atoms with Crippen LogP contribution in [0.4, 0.5) is 17.5 Å². The highest BCUT2D eigenvalue weighted by atomic mass is 16.2. The van der Waals surface area contributed by atoms with E-state index in [4.69, 9.17) is 5.73 Å². The molecular weight excluding hydrogens is 282 g/mol. The third-order valence-electron chi connectivity index (χ3n) is 4.32. The smallest absolute Gasteiger partial charge is 0.271 e. The number of rotatable bonds is 2. The normalized spacial score (nSPS) is 19.0. The van der Waals surface area contributed by atoms with Gasteiger partial charge in [-0.15, -0.1) is 0 Å². The first-order valence-electron chi connectivity index (χ1n) is 7.44. The zero-order valence-corrected chi connectivity index (χ0v) is 12.0. The lowest BCUT2D eigenvalue weighted by Gasteiger charge is -2.33. The Morgan fingerprint density at radius 2 is 2.00 bits per heavy atom. The summed E-state index contributed by atoms with van der Waals surface area (Å²) < 4.78 is 1.83. The number of nitrogens with two attached hydrogens (primary N) is 1. The molecule has 0 aromatic carbocycles. The van der Waals surface area contributed by atoms with E-state index in [1.807, 2.05) is 4.68 Å². The van der Waals surface area contributed by atoms with Crippen LogP contribution >= 0.6 is 0 Å². The lowest BCUT2D eigenvalue weighted by molar-refractivity contribution is 0.0865. The number of nitrogens with one attached hydrogen (secondary N) is 2. The molecule has 3 heterocycles. The number of carbonyl (C=O) groups is 1. The van der Waals surface area contributed by atoms with Gasteiger partial charge in [-0.1, -0.05) is 6.42 Å². The quantitative estimate of drug-likeness (QED) is 0.772. The topological polar surface area (TPSA) is 111 Å². The van der Waals surface area contributed by atoms with Crippen molar-refractivity contribution in [3.63, 3.8) is 0 Å². The van der Waals surface area contributed by atoms with E-state index in [-0.39, 0.29) is 11.6 Å². The van der Waals surface area contributed by atoms with Gasteiger partial charge in [0.1, 0.15) is 29.3 Å². The molecule has 4 N–H and O–H groups in total. The molecule has 0 saturated heterocycles. The first-order valence-corrected chi connectivity index (χ1v) is 7.44. The highest BCUT2D eigenvalue weighted by molar-refractivity contribution is 5.96. The number of nitrogens with zero attached hydrogens (tertiary/aromatic N) is 4. The molecule has 0 bridgehead atoms. The second-order valence-corrected chi connectivity index (χ2v) is 5.83. The minimum absolute atomic E-state index is 0.0651. The fourth-order valence-corrected chi connectivity index (χ4v) is 3.30. The lowest BCUT2D eigenvalue weighted by Crippen LogP contribution is -2.45. The molecule has 8 nitrogen and oxygen atoms in total. The summed E-state index contributed by atoms with van der Waals surface area (Å²) in [6, 6.07) is 3.37. The molecule has 2 aromatic heterocycles. The summed E-state index contributed by atoms with van der Waals surface area (Å²) in [6.07, 6.45) is 6.65. The van der Waals surface area contributed by atoms with Crippen LogP contribution in [0.3, 0.4) is 0 Å². The predicted molar refractivity (Wildman–Crippen MR) is 80.5 cm³/mol. The predicted octanol–water partition coefficient (Wildman–Crippen LogP) is 1.36. The van der Waals surface area contributed by atoms with Gasteiger partial charge >= 0.3 is 0 Å². The minimum atomic E-state index is -0.352.